The molecule has 2 aromatic carbocycles. The molecule has 1 aromatic heterocycles. The second kappa shape index (κ2) is 8.07. The fourth-order valence-corrected chi connectivity index (χ4v) is 2.48. The Hall–Kier alpha value is -3.47. The summed E-state index contributed by atoms with van der Waals surface area (Å²) in [6.45, 7) is 0. The van der Waals surface area contributed by atoms with Gasteiger partial charge in [0.25, 0.3) is 5.91 Å². The molecule has 1 amide bonds. The number of hydrogen-bond acceptors (Lipinski definition) is 4. The lowest BCUT2D eigenvalue weighted by molar-refractivity contribution is 0.0955. The molecule has 0 saturated heterocycles. The van der Waals surface area contributed by atoms with Crippen molar-refractivity contribution in [2.24, 2.45) is 5.10 Å². The molecule has 0 aliphatic rings. The first-order valence-corrected chi connectivity index (χ1v) is 8.26. The molecule has 0 bridgehead atoms. The fourth-order valence-electron chi connectivity index (χ4n) is 2.48. The molecule has 5 heteroatoms. The summed E-state index contributed by atoms with van der Waals surface area (Å²) in [6, 6.07) is 20.8. The third kappa shape index (κ3) is 4.13. The van der Waals surface area contributed by atoms with Crippen molar-refractivity contribution in [2.45, 2.75) is 0 Å². The van der Waals surface area contributed by atoms with Crippen molar-refractivity contribution in [3.63, 3.8) is 0 Å². The molecule has 0 saturated carbocycles. The smallest absolute Gasteiger partial charge is 0.271 e. The fraction of sp³-hybridized carbons (Fsp3) is 0.0952. The number of amides is 1. The van der Waals surface area contributed by atoms with Crippen LogP contribution >= 0.6 is 0 Å². The van der Waals surface area contributed by atoms with Crippen LogP contribution in [0.4, 0.5) is 5.69 Å². The lowest BCUT2D eigenvalue weighted by Crippen LogP contribution is -2.21. The average Bonchev–Trinajstić information content (AvgIpc) is 2.69. The molecule has 130 valence electrons. The first-order chi connectivity index (χ1) is 12.6. The van der Waals surface area contributed by atoms with E-state index in [1.165, 1.54) is 0 Å². The highest BCUT2D eigenvalue weighted by atomic mass is 16.2. The number of pyridine rings is 1. The van der Waals surface area contributed by atoms with Crippen molar-refractivity contribution < 1.29 is 4.79 Å². The standard InChI is InChI=1S/C21H20N4O/c1-25(2)19-12-10-17(11-13-19)21(26)24-23-20(16-7-4-3-5-8-16)18-9-6-14-22-15-18/h3-15H,1-2H3,(H,24,26)/b23-20+. The summed E-state index contributed by atoms with van der Waals surface area (Å²) in [5.74, 6) is -0.257. The van der Waals surface area contributed by atoms with Gasteiger partial charge in [0.2, 0.25) is 0 Å². The van der Waals surface area contributed by atoms with Gasteiger partial charge < -0.3 is 4.90 Å². The van der Waals surface area contributed by atoms with Gasteiger partial charge in [0.05, 0.1) is 5.71 Å². The van der Waals surface area contributed by atoms with Crippen LogP contribution in [0.5, 0.6) is 0 Å². The lowest BCUT2D eigenvalue weighted by atomic mass is 10.0. The Morgan fingerprint density at radius 3 is 2.19 bits per heavy atom. The van der Waals surface area contributed by atoms with E-state index in [2.05, 4.69) is 15.5 Å². The maximum atomic E-state index is 12.4. The molecule has 1 heterocycles. The number of aromatic nitrogens is 1. The van der Waals surface area contributed by atoms with E-state index >= 15 is 0 Å². The maximum absolute atomic E-state index is 12.4. The minimum atomic E-state index is -0.257. The van der Waals surface area contributed by atoms with Gasteiger partial charge in [0, 0.05) is 48.9 Å². The van der Waals surface area contributed by atoms with E-state index in [1.54, 1.807) is 24.5 Å². The van der Waals surface area contributed by atoms with Crippen molar-refractivity contribution in [1.82, 2.24) is 10.4 Å². The van der Waals surface area contributed by atoms with E-state index in [1.807, 2.05) is 73.6 Å². The number of benzene rings is 2. The van der Waals surface area contributed by atoms with Gasteiger partial charge in [0.1, 0.15) is 0 Å². The van der Waals surface area contributed by atoms with Crippen molar-refractivity contribution >= 4 is 17.3 Å². The summed E-state index contributed by atoms with van der Waals surface area (Å²) in [5, 5.41) is 4.36. The third-order valence-corrected chi connectivity index (χ3v) is 3.90. The number of rotatable bonds is 5. The molecule has 5 nitrogen and oxygen atoms in total. The molecule has 0 radical (unpaired) electrons. The number of nitrogens with one attached hydrogen (secondary N) is 1. The van der Waals surface area contributed by atoms with Gasteiger partial charge in [-0.15, -0.1) is 0 Å². The third-order valence-electron chi connectivity index (χ3n) is 3.90. The van der Waals surface area contributed by atoms with E-state index in [0.29, 0.717) is 11.3 Å². The van der Waals surface area contributed by atoms with Crippen LogP contribution in [0.2, 0.25) is 0 Å². The molecule has 3 rings (SSSR count). The van der Waals surface area contributed by atoms with Crippen LogP contribution in [0.25, 0.3) is 0 Å². The van der Waals surface area contributed by atoms with Gasteiger partial charge in [-0.2, -0.15) is 5.10 Å². The van der Waals surface area contributed by atoms with Crippen molar-refractivity contribution in [1.29, 1.82) is 0 Å². The largest absolute Gasteiger partial charge is 0.378 e. The second-order valence-electron chi connectivity index (χ2n) is 5.95. The van der Waals surface area contributed by atoms with Gasteiger partial charge in [-0.05, 0) is 36.4 Å². The second-order valence-corrected chi connectivity index (χ2v) is 5.95. The van der Waals surface area contributed by atoms with Crippen LogP contribution in [-0.4, -0.2) is 30.7 Å². The molecule has 26 heavy (non-hydrogen) atoms. The Labute approximate surface area is 153 Å². The quantitative estimate of drug-likeness (QED) is 0.570. The Morgan fingerprint density at radius 2 is 1.58 bits per heavy atom. The van der Waals surface area contributed by atoms with Crippen LogP contribution in [0.1, 0.15) is 21.5 Å². The molecule has 3 aromatic rings. The van der Waals surface area contributed by atoms with Crippen LogP contribution in [0, 0.1) is 0 Å². The van der Waals surface area contributed by atoms with Crippen molar-refractivity contribution in [2.75, 3.05) is 19.0 Å². The average molecular weight is 344 g/mol. The Kier molecular flexibility index (Phi) is 5.39. The predicted octanol–water partition coefficient (Wildman–Crippen LogP) is 3.33. The topological polar surface area (TPSA) is 57.6 Å². The highest BCUT2D eigenvalue weighted by molar-refractivity contribution is 6.13. The summed E-state index contributed by atoms with van der Waals surface area (Å²) < 4.78 is 0. The zero-order chi connectivity index (χ0) is 18.4. The maximum Gasteiger partial charge on any atom is 0.271 e. The number of nitrogens with zero attached hydrogens (tertiary/aromatic N) is 3. The van der Waals surface area contributed by atoms with Crippen molar-refractivity contribution in [3.8, 4) is 0 Å². The normalized spacial score (nSPS) is 11.1. The Bertz CT molecular complexity index is 847. The van der Waals surface area contributed by atoms with Crippen LogP contribution in [0.3, 0.4) is 0 Å². The summed E-state index contributed by atoms with van der Waals surface area (Å²) in [4.78, 5) is 18.6. The number of hydrogen-bond donors (Lipinski definition) is 1. The molecule has 0 aliphatic heterocycles. The number of hydrazone groups is 1. The highest BCUT2D eigenvalue weighted by Gasteiger charge is 2.09. The number of anilines is 1. The number of carbonyl (C=O) groups excluding carboxylic acids is 1. The molecule has 0 unspecified atom stereocenters. The molecular weight excluding hydrogens is 324 g/mol. The summed E-state index contributed by atoms with van der Waals surface area (Å²) in [6.07, 6.45) is 3.43. The van der Waals surface area contributed by atoms with Gasteiger partial charge >= 0.3 is 0 Å². The number of carbonyl (C=O) groups is 1. The van der Waals surface area contributed by atoms with E-state index < -0.39 is 0 Å². The predicted molar refractivity (Wildman–Crippen MR) is 105 cm³/mol. The minimum Gasteiger partial charge on any atom is -0.378 e. The van der Waals surface area contributed by atoms with Gasteiger partial charge in [-0.3, -0.25) is 9.78 Å². The van der Waals surface area contributed by atoms with Crippen molar-refractivity contribution in [3.05, 3.63) is 95.8 Å². The van der Waals surface area contributed by atoms with E-state index in [4.69, 9.17) is 0 Å². The Morgan fingerprint density at radius 1 is 0.885 bits per heavy atom. The molecule has 0 atom stereocenters. The van der Waals surface area contributed by atoms with E-state index in [-0.39, 0.29) is 5.91 Å². The first-order valence-electron chi connectivity index (χ1n) is 8.26. The monoisotopic (exact) mass is 344 g/mol. The molecule has 0 fully saturated rings. The highest BCUT2D eigenvalue weighted by Crippen LogP contribution is 2.13. The molecular formula is C21H20N4O. The van der Waals surface area contributed by atoms with Gasteiger partial charge in [-0.25, -0.2) is 5.43 Å². The Balaban J connectivity index is 1.85. The van der Waals surface area contributed by atoms with Crippen LogP contribution in [0.15, 0.2) is 84.2 Å². The minimum absolute atomic E-state index is 0.257. The first kappa shape index (κ1) is 17.4. The SMILES string of the molecule is CN(C)c1ccc(C(=O)N/N=C(\c2ccccc2)c2cccnc2)cc1. The summed E-state index contributed by atoms with van der Waals surface area (Å²) in [7, 11) is 3.92. The van der Waals surface area contributed by atoms with Gasteiger partial charge in [-0.1, -0.05) is 30.3 Å². The summed E-state index contributed by atoms with van der Waals surface area (Å²) >= 11 is 0. The lowest BCUT2D eigenvalue weighted by Gasteiger charge is -2.12. The van der Waals surface area contributed by atoms with Crippen LogP contribution < -0.4 is 10.3 Å². The molecule has 0 spiro atoms. The van der Waals surface area contributed by atoms with E-state index in [9.17, 15) is 4.79 Å². The molecule has 0 aliphatic carbocycles. The zero-order valence-corrected chi connectivity index (χ0v) is 14.8. The van der Waals surface area contributed by atoms with E-state index in [0.717, 1.165) is 16.8 Å². The summed E-state index contributed by atoms with van der Waals surface area (Å²) in [5.41, 5.74) is 6.64. The zero-order valence-electron chi connectivity index (χ0n) is 14.8. The molecule has 1 N–H and O–H groups in total. The van der Waals surface area contributed by atoms with Gasteiger partial charge in [0.15, 0.2) is 0 Å². The van der Waals surface area contributed by atoms with Crippen LogP contribution in [-0.2, 0) is 0 Å².